The zero-order chi connectivity index (χ0) is 16.0. The fourth-order valence-electron chi connectivity index (χ4n) is 3.19. The van der Waals surface area contributed by atoms with Gasteiger partial charge in [-0.3, -0.25) is 4.79 Å². The summed E-state index contributed by atoms with van der Waals surface area (Å²) in [4.78, 5) is 18.1. The zero-order valence-electron chi connectivity index (χ0n) is 12.8. The molecule has 4 rings (SSSR count). The number of carbonyl (C=O) groups excluding carboxylic acids is 1. The first kappa shape index (κ1) is 13.9. The van der Waals surface area contributed by atoms with Gasteiger partial charge in [0.1, 0.15) is 11.5 Å². The molecule has 1 aromatic carbocycles. The Morgan fingerprint density at radius 1 is 1.22 bits per heavy atom. The SMILES string of the molecule is CC(=O)N1CCCc2cc(-c3cn4cc(F)ccc4n3)ccc21. The molecule has 0 saturated heterocycles. The number of amides is 1. The van der Waals surface area contributed by atoms with Crippen molar-refractivity contribution >= 4 is 17.2 Å². The largest absolute Gasteiger partial charge is 0.312 e. The third-order valence-corrected chi connectivity index (χ3v) is 4.29. The first-order valence-corrected chi connectivity index (χ1v) is 7.67. The van der Waals surface area contributed by atoms with Crippen LogP contribution in [0.2, 0.25) is 0 Å². The molecule has 2 aromatic heterocycles. The van der Waals surface area contributed by atoms with Gasteiger partial charge in [0, 0.05) is 37.1 Å². The molecule has 116 valence electrons. The Balaban J connectivity index is 1.78. The van der Waals surface area contributed by atoms with Gasteiger partial charge in [-0.05, 0) is 42.7 Å². The van der Waals surface area contributed by atoms with Crippen molar-refractivity contribution in [2.24, 2.45) is 0 Å². The van der Waals surface area contributed by atoms with Crippen LogP contribution in [-0.4, -0.2) is 21.8 Å². The van der Waals surface area contributed by atoms with Crippen LogP contribution in [0.25, 0.3) is 16.9 Å². The maximum atomic E-state index is 13.3. The molecule has 0 saturated carbocycles. The van der Waals surface area contributed by atoms with Crippen LogP contribution >= 0.6 is 0 Å². The van der Waals surface area contributed by atoms with Gasteiger partial charge in [0.25, 0.3) is 0 Å². The van der Waals surface area contributed by atoms with E-state index in [4.69, 9.17) is 0 Å². The third kappa shape index (κ3) is 2.38. The Morgan fingerprint density at radius 2 is 2.09 bits per heavy atom. The highest BCUT2D eigenvalue weighted by Crippen LogP contribution is 2.31. The van der Waals surface area contributed by atoms with Gasteiger partial charge < -0.3 is 9.30 Å². The summed E-state index contributed by atoms with van der Waals surface area (Å²) in [6.45, 7) is 2.37. The van der Waals surface area contributed by atoms with E-state index in [-0.39, 0.29) is 11.7 Å². The Morgan fingerprint density at radius 3 is 2.91 bits per heavy atom. The minimum Gasteiger partial charge on any atom is -0.312 e. The number of aromatic nitrogens is 2. The summed E-state index contributed by atoms with van der Waals surface area (Å²) in [7, 11) is 0. The second kappa shape index (κ2) is 5.19. The number of imidazole rings is 1. The van der Waals surface area contributed by atoms with Crippen molar-refractivity contribution in [2.75, 3.05) is 11.4 Å². The van der Waals surface area contributed by atoms with E-state index in [1.54, 1.807) is 17.4 Å². The summed E-state index contributed by atoms with van der Waals surface area (Å²) in [5.41, 5.74) is 4.65. The van der Waals surface area contributed by atoms with Crippen LogP contribution in [0, 0.1) is 5.82 Å². The van der Waals surface area contributed by atoms with Gasteiger partial charge in [-0.1, -0.05) is 6.07 Å². The zero-order valence-corrected chi connectivity index (χ0v) is 12.8. The Bertz CT molecular complexity index is 916. The van der Waals surface area contributed by atoms with E-state index >= 15 is 0 Å². The highest BCUT2D eigenvalue weighted by Gasteiger charge is 2.20. The molecule has 0 aliphatic carbocycles. The molecular weight excluding hydrogens is 293 g/mol. The van der Waals surface area contributed by atoms with Crippen molar-refractivity contribution < 1.29 is 9.18 Å². The lowest BCUT2D eigenvalue weighted by Gasteiger charge is -2.28. The maximum Gasteiger partial charge on any atom is 0.223 e. The molecule has 1 aliphatic rings. The number of benzene rings is 1. The molecule has 5 heteroatoms. The second-order valence-electron chi connectivity index (χ2n) is 5.86. The number of fused-ring (bicyclic) bond motifs is 2. The van der Waals surface area contributed by atoms with E-state index in [1.807, 2.05) is 23.2 Å². The fourth-order valence-corrected chi connectivity index (χ4v) is 3.19. The third-order valence-electron chi connectivity index (χ3n) is 4.29. The first-order chi connectivity index (χ1) is 11.1. The minimum atomic E-state index is -0.288. The van der Waals surface area contributed by atoms with Crippen LogP contribution in [0.5, 0.6) is 0 Å². The van der Waals surface area contributed by atoms with Gasteiger partial charge in [0.2, 0.25) is 5.91 Å². The summed E-state index contributed by atoms with van der Waals surface area (Å²) in [6, 6.07) is 9.11. The molecule has 1 aliphatic heterocycles. The fraction of sp³-hybridized carbons (Fsp3) is 0.222. The number of carbonyl (C=O) groups is 1. The summed E-state index contributed by atoms with van der Waals surface area (Å²) in [5, 5.41) is 0. The standard InChI is InChI=1S/C18H16FN3O/c1-12(23)22-8-2-3-14-9-13(4-6-17(14)22)16-11-21-10-15(19)5-7-18(21)20-16/h4-7,9-11H,2-3,8H2,1H3. The normalized spacial score (nSPS) is 14.1. The van der Waals surface area contributed by atoms with Gasteiger partial charge >= 0.3 is 0 Å². The highest BCUT2D eigenvalue weighted by molar-refractivity contribution is 5.93. The quantitative estimate of drug-likeness (QED) is 0.690. The van der Waals surface area contributed by atoms with E-state index in [9.17, 15) is 9.18 Å². The van der Waals surface area contributed by atoms with Crippen molar-refractivity contribution in [2.45, 2.75) is 19.8 Å². The Hall–Kier alpha value is -2.69. The molecule has 3 aromatic rings. The molecule has 0 spiro atoms. The highest BCUT2D eigenvalue weighted by atomic mass is 19.1. The van der Waals surface area contributed by atoms with E-state index in [2.05, 4.69) is 11.1 Å². The number of hydrogen-bond donors (Lipinski definition) is 0. The van der Waals surface area contributed by atoms with Gasteiger partial charge in [-0.25, -0.2) is 9.37 Å². The molecule has 0 atom stereocenters. The minimum absolute atomic E-state index is 0.0712. The van der Waals surface area contributed by atoms with Gasteiger partial charge in [-0.15, -0.1) is 0 Å². The molecule has 0 fully saturated rings. The number of anilines is 1. The number of halogens is 1. The van der Waals surface area contributed by atoms with Crippen LogP contribution in [0.1, 0.15) is 18.9 Å². The van der Waals surface area contributed by atoms with Gasteiger partial charge in [-0.2, -0.15) is 0 Å². The van der Waals surface area contributed by atoms with Gasteiger partial charge in [0.15, 0.2) is 0 Å². The van der Waals surface area contributed by atoms with Crippen LogP contribution < -0.4 is 4.90 Å². The molecule has 23 heavy (non-hydrogen) atoms. The van der Waals surface area contributed by atoms with E-state index < -0.39 is 0 Å². The molecule has 3 heterocycles. The molecule has 0 N–H and O–H groups in total. The van der Waals surface area contributed by atoms with Crippen molar-refractivity contribution in [1.29, 1.82) is 0 Å². The van der Waals surface area contributed by atoms with E-state index in [1.165, 1.54) is 12.3 Å². The van der Waals surface area contributed by atoms with Crippen LogP contribution in [0.4, 0.5) is 10.1 Å². The summed E-state index contributed by atoms with van der Waals surface area (Å²) >= 11 is 0. The van der Waals surface area contributed by atoms with Crippen LogP contribution in [0.15, 0.2) is 42.7 Å². The van der Waals surface area contributed by atoms with Crippen LogP contribution in [-0.2, 0) is 11.2 Å². The monoisotopic (exact) mass is 309 g/mol. The summed E-state index contributed by atoms with van der Waals surface area (Å²) < 4.78 is 15.0. The average molecular weight is 309 g/mol. The number of aryl methyl sites for hydroxylation is 1. The predicted molar refractivity (Wildman–Crippen MR) is 86.9 cm³/mol. The molecule has 0 unspecified atom stereocenters. The van der Waals surface area contributed by atoms with Crippen molar-refractivity contribution in [3.63, 3.8) is 0 Å². The second-order valence-corrected chi connectivity index (χ2v) is 5.86. The van der Waals surface area contributed by atoms with Crippen molar-refractivity contribution in [1.82, 2.24) is 9.38 Å². The molecule has 0 radical (unpaired) electrons. The molecule has 1 amide bonds. The molecule has 4 nitrogen and oxygen atoms in total. The number of rotatable bonds is 1. The Kier molecular flexibility index (Phi) is 3.15. The number of hydrogen-bond acceptors (Lipinski definition) is 2. The molecule has 0 bridgehead atoms. The van der Waals surface area contributed by atoms with E-state index in [0.29, 0.717) is 5.65 Å². The smallest absolute Gasteiger partial charge is 0.223 e. The molecular formula is C18H16FN3O. The lowest BCUT2D eigenvalue weighted by atomic mass is 9.98. The topological polar surface area (TPSA) is 37.6 Å². The first-order valence-electron chi connectivity index (χ1n) is 7.67. The Labute approximate surface area is 133 Å². The van der Waals surface area contributed by atoms with E-state index in [0.717, 1.165) is 41.9 Å². The average Bonchev–Trinajstić information content (AvgIpc) is 2.96. The summed E-state index contributed by atoms with van der Waals surface area (Å²) in [5.74, 6) is -0.217. The number of nitrogens with zero attached hydrogens (tertiary/aromatic N) is 3. The van der Waals surface area contributed by atoms with Crippen molar-refractivity contribution in [3.8, 4) is 11.3 Å². The predicted octanol–water partition coefficient (Wildman–Crippen LogP) is 3.44. The lowest BCUT2D eigenvalue weighted by molar-refractivity contribution is -0.116. The summed E-state index contributed by atoms with van der Waals surface area (Å²) in [6.07, 6.45) is 5.16. The maximum absolute atomic E-state index is 13.3. The van der Waals surface area contributed by atoms with Gasteiger partial charge in [0.05, 0.1) is 5.69 Å². The number of pyridine rings is 1. The lowest BCUT2D eigenvalue weighted by Crippen LogP contribution is -2.33. The van der Waals surface area contributed by atoms with Crippen molar-refractivity contribution in [3.05, 3.63) is 54.1 Å². The van der Waals surface area contributed by atoms with Crippen LogP contribution in [0.3, 0.4) is 0 Å².